The molecule has 4 nitrogen and oxygen atoms in total. The first-order valence-corrected chi connectivity index (χ1v) is 8.65. The van der Waals surface area contributed by atoms with E-state index in [9.17, 15) is 4.79 Å². The molecule has 0 atom stereocenters. The Morgan fingerprint density at radius 3 is 2.48 bits per heavy atom. The summed E-state index contributed by atoms with van der Waals surface area (Å²) in [4.78, 5) is 19.0. The number of ether oxygens (including phenoxy) is 1. The first-order chi connectivity index (χ1) is 11.1. The topological polar surface area (TPSA) is 32.8 Å². The van der Waals surface area contributed by atoms with Crippen LogP contribution in [0.1, 0.15) is 20.1 Å². The number of rotatable bonds is 3. The number of hydrogen-bond acceptors (Lipinski definition) is 4. The molecule has 5 heteroatoms. The van der Waals surface area contributed by atoms with Gasteiger partial charge in [0.2, 0.25) is 0 Å². The van der Waals surface area contributed by atoms with Crippen molar-refractivity contribution >= 4 is 22.9 Å². The second-order valence-electron chi connectivity index (χ2n) is 5.83. The smallest absolute Gasteiger partial charge is 0.264 e. The second-order valence-corrected chi connectivity index (χ2v) is 7.09. The van der Waals surface area contributed by atoms with Gasteiger partial charge < -0.3 is 14.5 Å². The van der Waals surface area contributed by atoms with Crippen molar-refractivity contribution in [3.8, 4) is 5.75 Å². The third kappa shape index (κ3) is 3.34. The average molecular weight is 330 g/mol. The van der Waals surface area contributed by atoms with Gasteiger partial charge in [0.25, 0.3) is 5.91 Å². The number of benzene rings is 1. The second kappa shape index (κ2) is 6.62. The van der Waals surface area contributed by atoms with E-state index >= 15 is 0 Å². The van der Waals surface area contributed by atoms with E-state index in [1.165, 1.54) is 10.4 Å². The van der Waals surface area contributed by atoms with E-state index in [4.69, 9.17) is 4.74 Å². The zero-order valence-corrected chi connectivity index (χ0v) is 14.7. The predicted octanol–water partition coefficient (Wildman–Crippen LogP) is 3.34. The van der Waals surface area contributed by atoms with Gasteiger partial charge in [0.05, 0.1) is 12.0 Å². The van der Waals surface area contributed by atoms with Crippen molar-refractivity contribution < 1.29 is 9.53 Å². The van der Waals surface area contributed by atoms with Crippen LogP contribution in [0.25, 0.3) is 0 Å². The molecule has 1 amide bonds. The van der Waals surface area contributed by atoms with Crippen LogP contribution >= 0.6 is 11.3 Å². The summed E-state index contributed by atoms with van der Waals surface area (Å²) in [7, 11) is 1.68. The average Bonchev–Trinajstić information content (AvgIpc) is 2.93. The minimum absolute atomic E-state index is 0.163. The number of carbonyl (C=O) groups is 1. The van der Waals surface area contributed by atoms with E-state index in [1.54, 1.807) is 18.4 Å². The monoisotopic (exact) mass is 330 g/mol. The van der Waals surface area contributed by atoms with E-state index in [0.29, 0.717) is 0 Å². The summed E-state index contributed by atoms with van der Waals surface area (Å²) < 4.78 is 5.29. The van der Waals surface area contributed by atoms with Crippen LogP contribution in [0, 0.1) is 13.8 Å². The fourth-order valence-electron chi connectivity index (χ4n) is 2.81. The summed E-state index contributed by atoms with van der Waals surface area (Å²) in [5.74, 6) is 1.03. The van der Waals surface area contributed by atoms with Crippen LogP contribution < -0.4 is 9.64 Å². The Hall–Kier alpha value is -2.01. The third-order valence-electron chi connectivity index (χ3n) is 4.36. The summed E-state index contributed by atoms with van der Waals surface area (Å²) in [6, 6.07) is 10.1. The molecule has 0 spiro atoms. The molecule has 1 saturated heterocycles. The molecular weight excluding hydrogens is 308 g/mol. The van der Waals surface area contributed by atoms with Crippen LogP contribution in [0.3, 0.4) is 0 Å². The summed E-state index contributed by atoms with van der Waals surface area (Å²) in [6.45, 7) is 7.34. The molecule has 0 radical (unpaired) electrons. The maximum Gasteiger partial charge on any atom is 0.264 e. The molecule has 0 saturated carbocycles. The molecule has 1 aromatic heterocycles. The summed E-state index contributed by atoms with van der Waals surface area (Å²) >= 11 is 1.60. The molecule has 0 N–H and O–H groups in total. The highest BCUT2D eigenvalue weighted by molar-refractivity contribution is 7.14. The Morgan fingerprint density at radius 2 is 1.87 bits per heavy atom. The SMILES string of the molecule is COc1cccc(N2CCN(C(=O)c3cc(C)c(C)s3)CC2)c1. The minimum Gasteiger partial charge on any atom is -0.497 e. The lowest BCUT2D eigenvalue weighted by molar-refractivity contribution is 0.0751. The van der Waals surface area contributed by atoms with E-state index in [-0.39, 0.29) is 5.91 Å². The molecule has 0 unspecified atom stereocenters. The van der Waals surface area contributed by atoms with E-state index in [2.05, 4.69) is 24.8 Å². The van der Waals surface area contributed by atoms with Crippen molar-refractivity contribution in [2.45, 2.75) is 13.8 Å². The zero-order valence-electron chi connectivity index (χ0n) is 13.8. The van der Waals surface area contributed by atoms with Crippen LogP contribution in [-0.4, -0.2) is 44.1 Å². The normalized spacial score (nSPS) is 14.9. The minimum atomic E-state index is 0.163. The first-order valence-electron chi connectivity index (χ1n) is 7.84. The lowest BCUT2D eigenvalue weighted by atomic mass is 10.2. The van der Waals surface area contributed by atoms with Crippen LogP contribution in [-0.2, 0) is 0 Å². The molecule has 1 aliphatic rings. The molecule has 1 aliphatic heterocycles. The fraction of sp³-hybridized carbons (Fsp3) is 0.389. The van der Waals surface area contributed by atoms with Crippen LogP contribution in [0.2, 0.25) is 0 Å². The largest absolute Gasteiger partial charge is 0.497 e. The predicted molar refractivity (Wildman–Crippen MR) is 94.9 cm³/mol. The molecule has 2 aromatic rings. The van der Waals surface area contributed by atoms with Gasteiger partial charge in [0.15, 0.2) is 0 Å². The quantitative estimate of drug-likeness (QED) is 0.865. The van der Waals surface area contributed by atoms with Crippen molar-refractivity contribution in [1.82, 2.24) is 4.90 Å². The highest BCUT2D eigenvalue weighted by Crippen LogP contribution is 2.25. The Kier molecular flexibility index (Phi) is 4.57. The Balaban J connectivity index is 1.64. The molecule has 1 fully saturated rings. The van der Waals surface area contributed by atoms with E-state index in [1.807, 2.05) is 29.2 Å². The number of piperazine rings is 1. The standard InChI is InChI=1S/C18H22N2O2S/c1-13-11-17(23-14(13)2)18(21)20-9-7-19(8-10-20)15-5-4-6-16(12-15)22-3/h4-6,11-12H,7-10H2,1-3H3. The van der Waals surface area contributed by atoms with Crippen LogP contribution in [0.5, 0.6) is 5.75 Å². The van der Waals surface area contributed by atoms with Crippen molar-refractivity contribution in [2.75, 3.05) is 38.2 Å². The Labute approximate surface area is 141 Å². The number of hydrogen-bond donors (Lipinski definition) is 0. The van der Waals surface area contributed by atoms with Gasteiger partial charge in [-0.15, -0.1) is 11.3 Å². The molecular formula is C18H22N2O2S. The number of amides is 1. The number of carbonyl (C=O) groups excluding carboxylic acids is 1. The van der Waals surface area contributed by atoms with Crippen LogP contribution in [0.15, 0.2) is 30.3 Å². The maximum atomic E-state index is 12.6. The Bertz CT molecular complexity index is 683. The molecule has 0 bridgehead atoms. The number of nitrogens with zero attached hydrogens (tertiary/aromatic N) is 2. The molecule has 1 aromatic carbocycles. The highest BCUT2D eigenvalue weighted by atomic mass is 32.1. The van der Waals surface area contributed by atoms with Crippen molar-refractivity contribution in [2.24, 2.45) is 0 Å². The maximum absolute atomic E-state index is 12.6. The van der Waals surface area contributed by atoms with Crippen molar-refractivity contribution in [1.29, 1.82) is 0 Å². The van der Waals surface area contributed by atoms with Crippen molar-refractivity contribution in [3.63, 3.8) is 0 Å². The van der Waals surface area contributed by atoms with E-state index < -0.39 is 0 Å². The number of thiophene rings is 1. The summed E-state index contributed by atoms with van der Waals surface area (Å²) in [6.07, 6.45) is 0. The van der Waals surface area contributed by atoms with Gasteiger partial charge in [-0.25, -0.2) is 0 Å². The highest BCUT2D eigenvalue weighted by Gasteiger charge is 2.23. The first kappa shape index (κ1) is 15.9. The van der Waals surface area contributed by atoms with Gasteiger partial charge >= 0.3 is 0 Å². The Morgan fingerprint density at radius 1 is 1.13 bits per heavy atom. The van der Waals surface area contributed by atoms with Gasteiger partial charge in [-0.1, -0.05) is 6.07 Å². The molecule has 2 heterocycles. The fourth-order valence-corrected chi connectivity index (χ4v) is 3.81. The lowest BCUT2D eigenvalue weighted by Crippen LogP contribution is -2.48. The number of aryl methyl sites for hydroxylation is 2. The van der Waals surface area contributed by atoms with Gasteiger partial charge in [0, 0.05) is 42.8 Å². The molecule has 23 heavy (non-hydrogen) atoms. The number of methoxy groups -OCH3 is 1. The third-order valence-corrected chi connectivity index (χ3v) is 5.50. The van der Waals surface area contributed by atoms with Crippen molar-refractivity contribution in [3.05, 3.63) is 45.6 Å². The number of anilines is 1. The summed E-state index contributed by atoms with van der Waals surface area (Å²) in [5, 5.41) is 0. The molecule has 122 valence electrons. The van der Waals surface area contributed by atoms with E-state index in [0.717, 1.165) is 42.5 Å². The summed E-state index contributed by atoms with van der Waals surface area (Å²) in [5.41, 5.74) is 2.35. The molecule has 0 aliphatic carbocycles. The molecule has 3 rings (SSSR count). The zero-order chi connectivity index (χ0) is 16.4. The van der Waals surface area contributed by atoms with Crippen LogP contribution in [0.4, 0.5) is 5.69 Å². The van der Waals surface area contributed by atoms with Gasteiger partial charge in [0.1, 0.15) is 5.75 Å². The van der Waals surface area contributed by atoms with Gasteiger partial charge in [-0.2, -0.15) is 0 Å². The lowest BCUT2D eigenvalue weighted by Gasteiger charge is -2.36. The van der Waals surface area contributed by atoms with Gasteiger partial charge in [-0.3, -0.25) is 4.79 Å². The van der Waals surface area contributed by atoms with Gasteiger partial charge in [-0.05, 0) is 37.6 Å².